The third-order valence-corrected chi connectivity index (χ3v) is 1.78. The standard InChI is InChI=1S/C11H8O4/c1-15-10-5-4-8(3-2-6-12)9(7-13)11(10)14/h4-7,14H,1H3. The molecular formula is C11H8O4. The highest BCUT2D eigenvalue weighted by Gasteiger charge is 2.10. The van der Waals surface area contributed by atoms with E-state index in [-0.39, 0.29) is 22.6 Å². The summed E-state index contributed by atoms with van der Waals surface area (Å²) in [6.07, 6.45) is 0.878. The van der Waals surface area contributed by atoms with Crippen LogP contribution in [0.1, 0.15) is 15.9 Å². The lowest BCUT2D eigenvalue weighted by atomic mass is 10.1. The Bertz CT molecular complexity index is 452. The number of methoxy groups -OCH3 is 1. The molecule has 1 N–H and O–H groups in total. The van der Waals surface area contributed by atoms with E-state index in [1.807, 2.05) is 0 Å². The van der Waals surface area contributed by atoms with Crippen LogP contribution in [0.4, 0.5) is 0 Å². The van der Waals surface area contributed by atoms with Gasteiger partial charge in [-0.1, -0.05) is 5.92 Å². The summed E-state index contributed by atoms with van der Waals surface area (Å²) >= 11 is 0. The number of aromatic hydroxyl groups is 1. The zero-order valence-electron chi connectivity index (χ0n) is 7.98. The molecule has 0 aliphatic carbocycles. The van der Waals surface area contributed by atoms with E-state index in [4.69, 9.17) is 4.74 Å². The van der Waals surface area contributed by atoms with Gasteiger partial charge in [0.05, 0.1) is 12.7 Å². The average molecular weight is 204 g/mol. The van der Waals surface area contributed by atoms with Crippen molar-refractivity contribution in [2.24, 2.45) is 0 Å². The fraction of sp³-hybridized carbons (Fsp3) is 0.0909. The molecule has 0 radical (unpaired) electrons. The van der Waals surface area contributed by atoms with Gasteiger partial charge in [-0.3, -0.25) is 9.59 Å². The molecule has 15 heavy (non-hydrogen) atoms. The van der Waals surface area contributed by atoms with E-state index in [0.717, 1.165) is 0 Å². The van der Waals surface area contributed by atoms with Gasteiger partial charge >= 0.3 is 0 Å². The second-order valence-electron chi connectivity index (χ2n) is 2.58. The summed E-state index contributed by atoms with van der Waals surface area (Å²) < 4.78 is 4.82. The van der Waals surface area contributed by atoms with Crippen LogP contribution in [0.15, 0.2) is 12.1 Å². The van der Waals surface area contributed by atoms with E-state index in [9.17, 15) is 14.7 Å². The fourth-order valence-electron chi connectivity index (χ4n) is 1.09. The maximum absolute atomic E-state index is 10.7. The molecule has 0 spiro atoms. The lowest BCUT2D eigenvalue weighted by molar-refractivity contribution is -0.103. The topological polar surface area (TPSA) is 63.6 Å². The number of rotatable bonds is 2. The number of benzene rings is 1. The number of ether oxygens (including phenoxy) is 1. The van der Waals surface area contributed by atoms with Crippen LogP contribution in [0.2, 0.25) is 0 Å². The average Bonchev–Trinajstić information content (AvgIpc) is 2.26. The molecule has 0 aromatic heterocycles. The predicted molar refractivity (Wildman–Crippen MR) is 53.0 cm³/mol. The lowest BCUT2D eigenvalue weighted by Crippen LogP contribution is -1.92. The number of aldehydes is 2. The third-order valence-electron chi connectivity index (χ3n) is 1.78. The Balaban J connectivity index is 3.36. The van der Waals surface area contributed by atoms with Crippen LogP contribution in [0.5, 0.6) is 11.5 Å². The zero-order chi connectivity index (χ0) is 11.3. The monoisotopic (exact) mass is 204 g/mol. The van der Waals surface area contributed by atoms with E-state index in [2.05, 4.69) is 11.8 Å². The van der Waals surface area contributed by atoms with Gasteiger partial charge in [0.15, 0.2) is 24.1 Å². The van der Waals surface area contributed by atoms with Gasteiger partial charge in [0.1, 0.15) is 0 Å². The molecule has 1 aromatic carbocycles. The minimum absolute atomic E-state index is 0.0173. The maximum atomic E-state index is 10.7. The van der Waals surface area contributed by atoms with Gasteiger partial charge in [0, 0.05) is 5.56 Å². The second kappa shape index (κ2) is 4.82. The number of carbonyl (C=O) groups excluding carboxylic acids is 2. The molecule has 0 aliphatic rings. The molecule has 0 fully saturated rings. The number of carbonyl (C=O) groups is 2. The van der Waals surface area contributed by atoms with Crippen molar-refractivity contribution in [2.45, 2.75) is 0 Å². The smallest absolute Gasteiger partial charge is 0.193 e. The molecule has 0 amide bonds. The normalized spacial score (nSPS) is 8.60. The molecule has 0 saturated carbocycles. The van der Waals surface area contributed by atoms with Gasteiger partial charge in [0.25, 0.3) is 0 Å². The molecule has 1 rings (SSSR count). The van der Waals surface area contributed by atoms with Crippen molar-refractivity contribution >= 4 is 12.6 Å². The van der Waals surface area contributed by atoms with Crippen LogP contribution >= 0.6 is 0 Å². The molecule has 0 unspecified atom stereocenters. The minimum Gasteiger partial charge on any atom is -0.504 e. The zero-order valence-corrected chi connectivity index (χ0v) is 7.98. The SMILES string of the molecule is COc1ccc(C#CC=O)c(C=O)c1O. The first kappa shape index (κ1) is 10.8. The van der Waals surface area contributed by atoms with Gasteiger partial charge in [-0.15, -0.1) is 0 Å². The van der Waals surface area contributed by atoms with Crippen LogP contribution in [0, 0.1) is 11.8 Å². The molecule has 0 atom stereocenters. The van der Waals surface area contributed by atoms with Crippen molar-refractivity contribution in [1.29, 1.82) is 0 Å². The largest absolute Gasteiger partial charge is 0.504 e. The van der Waals surface area contributed by atoms with Gasteiger partial charge in [-0.2, -0.15) is 0 Å². The van der Waals surface area contributed by atoms with Gasteiger partial charge in [-0.05, 0) is 18.1 Å². The first-order chi connectivity index (χ1) is 7.24. The lowest BCUT2D eigenvalue weighted by Gasteiger charge is -2.06. The first-order valence-electron chi connectivity index (χ1n) is 4.05. The summed E-state index contributed by atoms with van der Waals surface area (Å²) in [6.45, 7) is 0. The van der Waals surface area contributed by atoms with Gasteiger partial charge in [-0.25, -0.2) is 0 Å². The quantitative estimate of drug-likeness (QED) is 0.570. The van der Waals surface area contributed by atoms with Crippen LogP contribution in [0.25, 0.3) is 0 Å². The number of phenols is 1. The Hall–Kier alpha value is -2.28. The Morgan fingerprint density at radius 2 is 2.13 bits per heavy atom. The van der Waals surface area contributed by atoms with E-state index in [1.165, 1.54) is 19.2 Å². The molecule has 0 saturated heterocycles. The van der Waals surface area contributed by atoms with Crippen LogP contribution < -0.4 is 4.74 Å². The highest BCUT2D eigenvalue weighted by Crippen LogP contribution is 2.30. The van der Waals surface area contributed by atoms with Crippen molar-refractivity contribution in [2.75, 3.05) is 7.11 Å². The molecular weight excluding hydrogens is 196 g/mol. The maximum Gasteiger partial charge on any atom is 0.193 e. The fourth-order valence-corrected chi connectivity index (χ4v) is 1.09. The van der Waals surface area contributed by atoms with Crippen molar-refractivity contribution in [1.82, 2.24) is 0 Å². The molecule has 76 valence electrons. The first-order valence-corrected chi connectivity index (χ1v) is 4.05. The van der Waals surface area contributed by atoms with E-state index in [0.29, 0.717) is 12.6 Å². The predicted octanol–water partition coefficient (Wildman–Crippen LogP) is 0.764. The van der Waals surface area contributed by atoms with Crippen molar-refractivity contribution < 1.29 is 19.4 Å². The highest BCUT2D eigenvalue weighted by molar-refractivity contribution is 5.86. The van der Waals surface area contributed by atoms with Crippen LogP contribution in [-0.4, -0.2) is 24.8 Å². The Morgan fingerprint density at radius 3 is 2.67 bits per heavy atom. The summed E-state index contributed by atoms with van der Waals surface area (Å²) in [5.41, 5.74) is 0.305. The Morgan fingerprint density at radius 1 is 1.40 bits per heavy atom. The van der Waals surface area contributed by atoms with Crippen LogP contribution in [-0.2, 0) is 4.79 Å². The Labute approximate surface area is 86.5 Å². The summed E-state index contributed by atoms with van der Waals surface area (Å²) in [7, 11) is 1.38. The molecule has 0 heterocycles. The van der Waals surface area contributed by atoms with Gasteiger partial charge < -0.3 is 9.84 Å². The highest BCUT2D eigenvalue weighted by atomic mass is 16.5. The Kier molecular flexibility index (Phi) is 3.47. The minimum atomic E-state index is -0.273. The van der Waals surface area contributed by atoms with Crippen molar-refractivity contribution in [3.8, 4) is 23.3 Å². The summed E-state index contributed by atoms with van der Waals surface area (Å²) in [6, 6.07) is 2.97. The molecule has 4 nitrogen and oxygen atoms in total. The summed E-state index contributed by atoms with van der Waals surface area (Å²) in [4.78, 5) is 20.7. The molecule has 1 aromatic rings. The summed E-state index contributed by atoms with van der Waals surface area (Å²) in [5.74, 6) is 4.52. The van der Waals surface area contributed by atoms with Crippen molar-refractivity contribution in [3.63, 3.8) is 0 Å². The van der Waals surface area contributed by atoms with Gasteiger partial charge in [0.2, 0.25) is 0 Å². The second-order valence-corrected chi connectivity index (χ2v) is 2.58. The molecule has 4 heteroatoms. The third kappa shape index (κ3) is 2.15. The van der Waals surface area contributed by atoms with E-state index < -0.39 is 0 Å². The van der Waals surface area contributed by atoms with E-state index in [1.54, 1.807) is 0 Å². The van der Waals surface area contributed by atoms with E-state index >= 15 is 0 Å². The number of phenolic OH excluding ortho intramolecular Hbond substituents is 1. The number of hydrogen-bond donors (Lipinski definition) is 1. The molecule has 0 bridgehead atoms. The van der Waals surface area contributed by atoms with Crippen molar-refractivity contribution in [3.05, 3.63) is 23.3 Å². The molecule has 0 aliphatic heterocycles. The summed E-state index contributed by atoms with van der Waals surface area (Å²) in [5, 5.41) is 9.56. The van der Waals surface area contributed by atoms with Crippen LogP contribution in [0.3, 0.4) is 0 Å². The number of hydrogen-bond acceptors (Lipinski definition) is 4.